The van der Waals surface area contributed by atoms with Crippen molar-refractivity contribution in [2.45, 2.75) is 0 Å². The van der Waals surface area contributed by atoms with Crippen LogP contribution in [0.15, 0.2) is 41.1 Å². The summed E-state index contributed by atoms with van der Waals surface area (Å²) in [5, 5.41) is 25.2. The third kappa shape index (κ3) is 2.69. The standard InChI is InChI=1S/C15H11N3O5/c19-10(20)7-17-15(22)12-13(21)14-9(6-16-12)11(18-23-14)8-4-2-1-3-5-8/h1-6,21H,7H2,(H,17,22)(H,19,20). The number of hydrogen-bond donors (Lipinski definition) is 3. The first-order chi connectivity index (χ1) is 11.1. The summed E-state index contributed by atoms with van der Waals surface area (Å²) in [5.41, 5.74) is 0.949. The van der Waals surface area contributed by atoms with Gasteiger partial charge in [0, 0.05) is 11.8 Å². The van der Waals surface area contributed by atoms with E-state index in [2.05, 4.69) is 15.5 Å². The normalized spacial score (nSPS) is 10.6. The first kappa shape index (κ1) is 14.5. The number of aliphatic carboxylic acids is 1. The lowest BCUT2D eigenvalue weighted by Gasteiger charge is -2.04. The number of carbonyl (C=O) groups is 2. The van der Waals surface area contributed by atoms with E-state index in [0.717, 1.165) is 5.56 Å². The molecule has 3 aromatic rings. The molecule has 8 nitrogen and oxygen atoms in total. The molecule has 0 aliphatic heterocycles. The first-order valence-electron chi connectivity index (χ1n) is 6.60. The van der Waals surface area contributed by atoms with Gasteiger partial charge in [-0.15, -0.1) is 0 Å². The molecule has 1 amide bonds. The van der Waals surface area contributed by atoms with Crippen molar-refractivity contribution in [2.24, 2.45) is 0 Å². The van der Waals surface area contributed by atoms with Crippen LogP contribution in [0.5, 0.6) is 5.75 Å². The fraction of sp³-hybridized carbons (Fsp3) is 0.0667. The monoisotopic (exact) mass is 313 g/mol. The lowest BCUT2D eigenvalue weighted by molar-refractivity contribution is -0.135. The minimum Gasteiger partial charge on any atom is -0.503 e. The summed E-state index contributed by atoms with van der Waals surface area (Å²) in [5.74, 6) is -2.51. The highest BCUT2D eigenvalue weighted by Gasteiger charge is 2.21. The predicted octanol–water partition coefficient (Wildman–Crippen LogP) is 1.41. The number of benzene rings is 1. The van der Waals surface area contributed by atoms with Gasteiger partial charge in [0.25, 0.3) is 5.91 Å². The highest BCUT2D eigenvalue weighted by molar-refractivity contribution is 6.03. The summed E-state index contributed by atoms with van der Waals surface area (Å²) < 4.78 is 5.11. The van der Waals surface area contributed by atoms with E-state index in [1.54, 1.807) is 0 Å². The number of carboxylic acids is 1. The molecule has 23 heavy (non-hydrogen) atoms. The van der Waals surface area contributed by atoms with Crippen molar-refractivity contribution in [2.75, 3.05) is 6.54 Å². The van der Waals surface area contributed by atoms with Gasteiger partial charge in [-0.3, -0.25) is 9.59 Å². The van der Waals surface area contributed by atoms with Gasteiger partial charge in [0.15, 0.2) is 11.4 Å². The molecule has 2 aromatic heterocycles. The van der Waals surface area contributed by atoms with Gasteiger partial charge in [0.1, 0.15) is 12.2 Å². The van der Waals surface area contributed by atoms with E-state index in [1.165, 1.54) is 6.20 Å². The molecule has 0 bridgehead atoms. The Morgan fingerprint density at radius 2 is 1.96 bits per heavy atom. The van der Waals surface area contributed by atoms with Crippen molar-refractivity contribution in [1.82, 2.24) is 15.5 Å². The second-order valence-corrected chi connectivity index (χ2v) is 4.67. The quantitative estimate of drug-likeness (QED) is 0.664. The molecule has 3 N–H and O–H groups in total. The summed E-state index contributed by atoms with van der Waals surface area (Å²) in [4.78, 5) is 26.2. The molecule has 1 aromatic carbocycles. The number of aromatic nitrogens is 2. The van der Waals surface area contributed by atoms with E-state index in [1.807, 2.05) is 30.3 Å². The zero-order valence-corrected chi connectivity index (χ0v) is 11.7. The average molecular weight is 313 g/mol. The van der Waals surface area contributed by atoms with Crippen molar-refractivity contribution in [3.8, 4) is 17.0 Å². The van der Waals surface area contributed by atoms with Crippen LogP contribution in [-0.4, -0.2) is 38.8 Å². The molecule has 0 aliphatic carbocycles. The SMILES string of the molecule is O=C(O)CNC(=O)c1ncc2c(-c3ccccc3)noc2c1O. The predicted molar refractivity (Wildman–Crippen MR) is 78.9 cm³/mol. The Labute approximate surface area is 129 Å². The molecule has 8 heteroatoms. The molecule has 3 rings (SSSR count). The maximum Gasteiger partial charge on any atom is 0.322 e. The van der Waals surface area contributed by atoms with E-state index in [-0.39, 0.29) is 11.3 Å². The molecule has 0 fully saturated rings. The summed E-state index contributed by atoms with van der Waals surface area (Å²) in [6, 6.07) is 9.16. The smallest absolute Gasteiger partial charge is 0.322 e. The van der Waals surface area contributed by atoms with Crippen molar-refractivity contribution >= 4 is 22.8 Å². The van der Waals surface area contributed by atoms with Crippen LogP contribution in [0.1, 0.15) is 10.5 Å². The number of pyridine rings is 1. The van der Waals surface area contributed by atoms with Gasteiger partial charge in [0.2, 0.25) is 5.58 Å². The molecule has 0 aliphatic rings. The van der Waals surface area contributed by atoms with Crippen molar-refractivity contribution in [3.05, 3.63) is 42.2 Å². The first-order valence-corrected chi connectivity index (χ1v) is 6.60. The van der Waals surface area contributed by atoms with Crippen molar-refractivity contribution < 1.29 is 24.3 Å². The molecule has 0 radical (unpaired) electrons. The highest BCUT2D eigenvalue weighted by atomic mass is 16.5. The molecule has 0 atom stereocenters. The van der Waals surface area contributed by atoms with Crippen molar-refractivity contribution in [3.63, 3.8) is 0 Å². The van der Waals surface area contributed by atoms with Crippen LogP contribution in [0.4, 0.5) is 0 Å². The number of carbonyl (C=O) groups excluding carboxylic acids is 1. The van der Waals surface area contributed by atoms with E-state index >= 15 is 0 Å². The second kappa shape index (κ2) is 5.76. The molecule has 0 spiro atoms. The van der Waals surface area contributed by atoms with Gasteiger partial charge in [-0.1, -0.05) is 35.5 Å². The molecular formula is C15H11N3O5. The summed E-state index contributed by atoms with van der Waals surface area (Å²) in [7, 11) is 0. The third-order valence-corrected chi connectivity index (χ3v) is 3.15. The largest absolute Gasteiger partial charge is 0.503 e. The Morgan fingerprint density at radius 3 is 2.65 bits per heavy atom. The summed E-state index contributed by atoms with van der Waals surface area (Å²) in [6.07, 6.45) is 1.35. The number of nitrogens with one attached hydrogen (secondary N) is 1. The van der Waals surface area contributed by atoms with Crippen LogP contribution in [0.25, 0.3) is 22.2 Å². The van der Waals surface area contributed by atoms with E-state index in [9.17, 15) is 14.7 Å². The molecular weight excluding hydrogens is 302 g/mol. The Bertz CT molecular complexity index is 889. The lowest BCUT2D eigenvalue weighted by Crippen LogP contribution is -2.29. The number of amides is 1. The van der Waals surface area contributed by atoms with Crippen LogP contribution in [-0.2, 0) is 4.79 Å². The molecule has 0 saturated carbocycles. The van der Waals surface area contributed by atoms with Crippen molar-refractivity contribution in [1.29, 1.82) is 0 Å². The Morgan fingerprint density at radius 1 is 1.22 bits per heavy atom. The van der Waals surface area contributed by atoms with Crippen LogP contribution in [0.3, 0.4) is 0 Å². The summed E-state index contributed by atoms with van der Waals surface area (Å²) >= 11 is 0. The lowest BCUT2D eigenvalue weighted by atomic mass is 10.1. The van der Waals surface area contributed by atoms with Crippen LogP contribution < -0.4 is 5.32 Å². The maximum absolute atomic E-state index is 11.8. The van der Waals surface area contributed by atoms with Gasteiger partial charge in [-0.25, -0.2) is 4.98 Å². The minimum atomic E-state index is -1.20. The number of fused-ring (bicyclic) bond motifs is 1. The van der Waals surface area contributed by atoms with Gasteiger partial charge in [0.05, 0.1) is 5.39 Å². The van der Waals surface area contributed by atoms with E-state index in [4.69, 9.17) is 9.63 Å². The third-order valence-electron chi connectivity index (χ3n) is 3.15. The zero-order valence-electron chi connectivity index (χ0n) is 11.7. The maximum atomic E-state index is 11.8. The zero-order chi connectivity index (χ0) is 16.4. The molecule has 116 valence electrons. The van der Waals surface area contributed by atoms with E-state index < -0.39 is 24.2 Å². The minimum absolute atomic E-state index is 0.0133. The number of rotatable bonds is 4. The topological polar surface area (TPSA) is 126 Å². The fourth-order valence-corrected chi connectivity index (χ4v) is 2.10. The van der Waals surface area contributed by atoms with Crippen LogP contribution in [0.2, 0.25) is 0 Å². The van der Waals surface area contributed by atoms with Gasteiger partial charge in [-0.2, -0.15) is 0 Å². The number of hydrogen-bond acceptors (Lipinski definition) is 6. The average Bonchev–Trinajstić information content (AvgIpc) is 2.98. The Hall–Kier alpha value is -3.42. The van der Waals surface area contributed by atoms with Gasteiger partial charge < -0.3 is 20.1 Å². The summed E-state index contributed by atoms with van der Waals surface area (Å²) in [6.45, 7) is -0.580. The molecule has 0 unspecified atom stereocenters. The van der Waals surface area contributed by atoms with Crippen LogP contribution >= 0.6 is 0 Å². The number of nitrogens with zero attached hydrogens (tertiary/aromatic N) is 2. The molecule has 0 saturated heterocycles. The molecule has 2 heterocycles. The Balaban J connectivity index is 2.01. The fourth-order valence-electron chi connectivity index (χ4n) is 2.10. The van der Waals surface area contributed by atoms with E-state index in [0.29, 0.717) is 11.1 Å². The Kier molecular flexibility index (Phi) is 3.63. The highest BCUT2D eigenvalue weighted by Crippen LogP contribution is 2.33. The van der Waals surface area contributed by atoms with Crippen LogP contribution in [0, 0.1) is 0 Å². The number of carboxylic acid groups (broad SMARTS) is 1. The van der Waals surface area contributed by atoms with Gasteiger partial charge in [-0.05, 0) is 0 Å². The number of aromatic hydroxyl groups is 1. The second-order valence-electron chi connectivity index (χ2n) is 4.67. The van der Waals surface area contributed by atoms with Gasteiger partial charge >= 0.3 is 5.97 Å².